The number of phosphoric ester groups is 1. The number of rotatable bonds is 39. The highest BCUT2D eigenvalue weighted by Gasteiger charge is 2.27. The normalized spacial score (nSPS) is 14.6. The van der Waals surface area contributed by atoms with Crippen LogP contribution in [0.2, 0.25) is 0 Å². The van der Waals surface area contributed by atoms with Gasteiger partial charge >= 0.3 is 19.8 Å². The van der Waals surface area contributed by atoms with Crippen molar-refractivity contribution in [1.29, 1.82) is 0 Å². The first kappa shape index (κ1) is 54.9. The molecular formula is C47H78NO9P. The van der Waals surface area contributed by atoms with Gasteiger partial charge < -0.3 is 20.1 Å². The molecule has 0 saturated heterocycles. The van der Waals surface area contributed by atoms with Crippen molar-refractivity contribution in [1.82, 2.24) is 0 Å². The summed E-state index contributed by atoms with van der Waals surface area (Å²) in [7, 11) is -4.64. The highest BCUT2D eigenvalue weighted by molar-refractivity contribution is 7.47. The van der Waals surface area contributed by atoms with Crippen LogP contribution in [0, 0.1) is 0 Å². The topological polar surface area (TPSA) is 151 Å². The molecule has 0 saturated carbocycles. The first-order valence-corrected chi connectivity index (χ1v) is 23.4. The number of carbonyl (C=O) groups excluding carboxylic acids is 3. The van der Waals surface area contributed by atoms with Crippen molar-refractivity contribution in [2.45, 2.75) is 174 Å². The van der Waals surface area contributed by atoms with E-state index in [9.17, 15) is 23.8 Å². The predicted molar refractivity (Wildman–Crippen MR) is 238 cm³/mol. The molecule has 0 radical (unpaired) electrons. The molecule has 0 fully saturated rings. The van der Waals surface area contributed by atoms with Crippen LogP contribution in [0.4, 0.5) is 0 Å². The van der Waals surface area contributed by atoms with Gasteiger partial charge in [-0.3, -0.25) is 23.4 Å². The third-order valence-corrected chi connectivity index (χ3v) is 9.81. The summed E-state index contributed by atoms with van der Waals surface area (Å²) in [5.74, 6) is -1.49. The average molecular weight is 832 g/mol. The van der Waals surface area contributed by atoms with Gasteiger partial charge in [-0.2, -0.15) is 0 Å². The molecule has 330 valence electrons. The first-order valence-electron chi connectivity index (χ1n) is 21.9. The molecule has 0 heterocycles. The number of esters is 2. The van der Waals surface area contributed by atoms with Gasteiger partial charge in [0.05, 0.1) is 19.3 Å². The molecule has 0 aliphatic heterocycles. The first-order chi connectivity index (χ1) is 28.1. The van der Waals surface area contributed by atoms with E-state index < -0.39 is 50.9 Å². The molecular weight excluding hydrogens is 753 g/mol. The molecule has 0 aromatic rings. The second-order valence-corrected chi connectivity index (χ2v) is 15.8. The molecule has 0 aromatic heterocycles. The SMILES string of the molecule is CC/C=C\C/C=C\C/C=C\C/C=C\C/C=C\C/C=C\CCC(=O)OC(COC(=O)CC/C=C\CCCCCCCCCCCCC)COP(=O)(O)OCC(N)C(C)=O. The maximum Gasteiger partial charge on any atom is 0.472 e. The van der Waals surface area contributed by atoms with Gasteiger partial charge in [-0.1, -0.05) is 163 Å². The molecule has 11 heteroatoms. The summed E-state index contributed by atoms with van der Waals surface area (Å²) in [5.41, 5.74) is 5.57. The number of allylic oxidation sites excluding steroid dienone is 14. The largest absolute Gasteiger partial charge is 0.472 e. The standard InChI is InChI=1S/C47H78NO9P/c1-4-6-8-10-12-14-16-18-20-21-22-23-25-27-29-31-33-35-37-39-47(51)57-44(41-55-58(52,53)56-42-45(48)43(3)49)40-54-46(50)38-36-34-32-30-28-26-24-19-17-15-13-11-9-7-5-2/h6,8,12,14,18,20,22-23,27,29,32-35,44-45H,4-5,7,9-11,13,15-17,19,21,24-26,28,30-31,36-42,48H2,1-3H3,(H,52,53)/b8-6-,14-12-,20-18-,23-22-,29-27-,34-32-,35-33-. The van der Waals surface area contributed by atoms with E-state index in [1.54, 1.807) is 0 Å². The van der Waals surface area contributed by atoms with Crippen LogP contribution in [0.5, 0.6) is 0 Å². The van der Waals surface area contributed by atoms with E-state index in [-0.39, 0.29) is 19.4 Å². The maximum absolute atomic E-state index is 12.6. The van der Waals surface area contributed by atoms with Crippen LogP contribution in [-0.4, -0.2) is 54.6 Å². The minimum absolute atomic E-state index is 0.0529. The summed E-state index contributed by atoms with van der Waals surface area (Å²) in [6.45, 7) is 4.15. The monoisotopic (exact) mass is 832 g/mol. The van der Waals surface area contributed by atoms with Crippen LogP contribution in [0.1, 0.15) is 162 Å². The van der Waals surface area contributed by atoms with Gasteiger partial charge in [0.1, 0.15) is 12.4 Å². The molecule has 0 bridgehead atoms. The highest BCUT2D eigenvalue weighted by Crippen LogP contribution is 2.43. The van der Waals surface area contributed by atoms with Gasteiger partial charge in [-0.25, -0.2) is 4.57 Å². The number of hydrogen-bond acceptors (Lipinski definition) is 9. The molecule has 0 spiro atoms. The van der Waals surface area contributed by atoms with E-state index in [2.05, 4.69) is 80.7 Å². The number of unbranched alkanes of at least 4 members (excludes halogenated alkanes) is 11. The fraction of sp³-hybridized carbons (Fsp3) is 0.638. The van der Waals surface area contributed by atoms with E-state index in [1.165, 1.54) is 71.1 Å². The van der Waals surface area contributed by atoms with Crippen molar-refractivity contribution in [3.63, 3.8) is 0 Å². The second kappa shape index (κ2) is 40.6. The van der Waals surface area contributed by atoms with Crippen LogP contribution >= 0.6 is 7.82 Å². The zero-order valence-corrected chi connectivity index (χ0v) is 37.0. The number of nitrogens with two attached hydrogens (primary N) is 1. The van der Waals surface area contributed by atoms with Crippen LogP contribution in [0.15, 0.2) is 85.1 Å². The molecule has 0 amide bonds. The van der Waals surface area contributed by atoms with Gasteiger partial charge in [0.25, 0.3) is 0 Å². The zero-order valence-electron chi connectivity index (χ0n) is 36.2. The molecule has 0 rings (SSSR count). The van der Waals surface area contributed by atoms with Crippen molar-refractivity contribution < 1.29 is 42.4 Å². The third kappa shape index (κ3) is 39.7. The molecule has 58 heavy (non-hydrogen) atoms. The van der Waals surface area contributed by atoms with Crippen molar-refractivity contribution >= 4 is 25.5 Å². The van der Waals surface area contributed by atoms with E-state index >= 15 is 0 Å². The molecule has 0 aliphatic carbocycles. The average Bonchev–Trinajstić information content (AvgIpc) is 3.20. The van der Waals surface area contributed by atoms with E-state index in [0.29, 0.717) is 12.8 Å². The Morgan fingerprint density at radius 3 is 1.47 bits per heavy atom. The number of phosphoric acid groups is 1. The third-order valence-electron chi connectivity index (χ3n) is 8.86. The second-order valence-electron chi connectivity index (χ2n) is 14.4. The molecule has 3 atom stereocenters. The Labute approximate surface area is 351 Å². The van der Waals surface area contributed by atoms with Crippen LogP contribution in [0.25, 0.3) is 0 Å². The summed E-state index contributed by atoms with van der Waals surface area (Å²) in [6.07, 6.45) is 50.1. The van der Waals surface area contributed by atoms with Crippen molar-refractivity contribution in [2.75, 3.05) is 19.8 Å². The predicted octanol–water partition coefficient (Wildman–Crippen LogP) is 12.0. The van der Waals surface area contributed by atoms with Crippen LogP contribution in [0.3, 0.4) is 0 Å². The Bertz CT molecular complexity index is 1300. The Morgan fingerprint density at radius 1 is 0.552 bits per heavy atom. The van der Waals surface area contributed by atoms with Gasteiger partial charge in [0.2, 0.25) is 0 Å². The Balaban J connectivity index is 4.55. The lowest BCUT2D eigenvalue weighted by molar-refractivity contribution is -0.161. The highest BCUT2D eigenvalue weighted by atomic mass is 31.2. The van der Waals surface area contributed by atoms with Crippen molar-refractivity contribution in [2.24, 2.45) is 5.73 Å². The number of carbonyl (C=O) groups is 3. The van der Waals surface area contributed by atoms with Crippen molar-refractivity contribution in [3.8, 4) is 0 Å². The lowest BCUT2D eigenvalue weighted by Crippen LogP contribution is -2.33. The Morgan fingerprint density at radius 2 is 0.966 bits per heavy atom. The Hall–Kier alpha value is -3.14. The summed E-state index contributed by atoms with van der Waals surface area (Å²) in [4.78, 5) is 46.4. The maximum atomic E-state index is 12.6. The molecule has 0 aliphatic rings. The van der Waals surface area contributed by atoms with Crippen LogP contribution < -0.4 is 5.73 Å². The zero-order chi connectivity index (χ0) is 42.8. The van der Waals surface area contributed by atoms with E-state index in [4.69, 9.17) is 24.3 Å². The summed E-state index contributed by atoms with van der Waals surface area (Å²) in [6, 6.07) is -1.10. The fourth-order valence-electron chi connectivity index (χ4n) is 5.33. The molecule has 3 N–H and O–H groups in total. The Kier molecular flexibility index (Phi) is 38.4. The summed E-state index contributed by atoms with van der Waals surface area (Å²) >= 11 is 0. The van der Waals surface area contributed by atoms with E-state index in [1.807, 2.05) is 18.2 Å². The minimum Gasteiger partial charge on any atom is -0.462 e. The fourth-order valence-corrected chi connectivity index (χ4v) is 6.11. The molecule has 0 aromatic carbocycles. The van der Waals surface area contributed by atoms with Gasteiger partial charge in [0.15, 0.2) is 6.10 Å². The van der Waals surface area contributed by atoms with Gasteiger partial charge in [0, 0.05) is 12.8 Å². The quantitative estimate of drug-likeness (QED) is 0.0265. The lowest BCUT2D eigenvalue weighted by Gasteiger charge is -2.20. The number of ketones is 1. The number of Topliss-reactive ketones (excluding diaryl/α,β-unsaturated/α-hetero) is 1. The smallest absolute Gasteiger partial charge is 0.462 e. The van der Waals surface area contributed by atoms with Gasteiger partial charge in [-0.05, 0) is 71.1 Å². The van der Waals surface area contributed by atoms with Gasteiger partial charge in [-0.15, -0.1) is 0 Å². The summed E-state index contributed by atoms with van der Waals surface area (Å²) < 4.78 is 32.9. The van der Waals surface area contributed by atoms with Crippen LogP contribution in [-0.2, 0) is 37.5 Å². The molecule has 10 nitrogen and oxygen atoms in total. The van der Waals surface area contributed by atoms with E-state index in [0.717, 1.165) is 51.4 Å². The lowest BCUT2D eigenvalue weighted by atomic mass is 10.1. The number of hydrogen-bond donors (Lipinski definition) is 2. The summed E-state index contributed by atoms with van der Waals surface area (Å²) in [5, 5.41) is 0. The molecule has 3 unspecified atom stereocenters. The number of ether oxygens (including phenoxy) is 2. The van der Waals surface area contributed by atoms with Crippen molar-refractivity contribution in [3.05, 3.63) is 85.1 Å². The minimum atomic E-state index is -4.64.